The zero-order chi connectivity index (χ0) is 18.2. The van der Waals surface area contributed by atoms with Gasteiger partial charge in [-0.05, 0) is 26.0 Å². The fraction of sp³-hybridized carbons (Fsp3) is 0.533. The van der Waals surface area contributed by atoms with Crippen molar-refractivity contribution >= 4 is 17.3 Å². The lowest BCUT2D eigenvalue weighted by Gasteiger charge is -2.47. The molecule has 0 spiro atoms. The predicted octanol–water partition coefficient (Wildman–Crippen LogP) is 1.23. The first-order valence-electron chi connectivity index (χ1n) is 7.65. The number of benzene rings is 1. The first-order valence-corrected chi connectivity index (χ1v) is 7.65. The van der Waals surface area contributed by atoms with Gasteiger partial charge < -0.3 is 18.9 Å². The maximum atomic E-state index is 12.8. The number of carbonyl (C=O) groups excluding carboxylic acids is 1. The molecule has 0 aliphatic carbocycles. The van der Waals surface area contributed by atoms with Gasteiger partial charge in [0, 0.05) is 19.2 Å². The number of nitrogens with one attached hydrogen (secondary N) is 1. The number of hydrogen-bond acceptors (Lipinski definition) is 8. The molecule has 3 rings (SSSR count). The fourth-order valence-electron chi connectivity index (χ4n) is 2.62. The number of methoxy groups -OCH3 is 1. The van der Waals surface area contributed by atoms with E-state index >= 15 is 0 Å². The molecule has 0 saturated carbocycles. The van der Waals surface area contributed by atoms with E-state index in [-0.39, 0.29) is 18.2 Å². The van der Waals surface area contributed by atoms with Crippen LogP contribution in [0.2, 0.25) is 0 Å². The van der Waals surface area contributed by atoms with Crippen molar-refractivity contribution in [3.05, 3.63) is 34.4 Å². The number of nitro benzene ring substituents is 1. The van der Waals surface area contributed by atoms with Gasteiger partial charge in [-0.25, -0.2) is 0 Å². The number of non-ortho nitro benzene ring substituents is 1. The number of ether oxygens (including phenoxy) is 4. The molecule has 1 amide bonds. The highest BCUT2D eigenvalue weighted by atomic mass is 16.8. The van der Waals surface area contributed by atoms with Crippen LogP contribution in [0.15, 0.2) is 24.3 Å². The Kier molecular flexibility index (Phi) is 4.60. The third kappa shape index (κ3) is 3.56. The number of nitrogens with zero attached hydrogens (tertiary/aromatic N) is 2. The van der Waals surface area contributed by atoms with Gasteiger partial charge in [0.15, 0.2) is 11.9 Å². The van der Waals surface area contributed by atoms with Gasteiger partial charge in [-0.1, -0.05) is 0 Å². The van der Waals surface area contributed by atoms with Crippen molar-refractivity contribution in [1.29, 1.82) is 0 Å². The summed E-state index contributed by atoms with van der Waals surface area (Å²) in [7, 11) is 1.40. The minimum Gasteiger partial charge on any atom is -0.348 e. The van der Waals surface area contributed by atoms with Gasteiger partial charge in [0.1, 0.15) is 6.10 Å². The summed E-state index contributed by atoms with van der Waals surface area (Å²) >= 11 is 0. The van der Waals surface area contributed by atoms with Crippen molar-refractivity contribution in [3.63, 3.8) is 0 Å². The van der Waals surface area contributed by atoms with Crippen molar-refractivity contribution < 1.29 is 28.7 Å². The van der Waals surface area contributed by atoms with Crippen LogP contribution in [0.3, 0.4) is 0 Å². The molecular weight excluding hydrogens is 334 g/mol. The molecule has 10 nitrogen and oxygen atoms in total. The molecule has 1 N–H and O–H groups in total. The summed E-state index contributed by atoms with van der Waals surface area (Å²) in [6.07, 6.45) is -2.42. The number of fused-ring (bicyclic) bond motifs is 1. The molecule has 0 aromatic heterocycles. The van der Waals surface area contributed by atoms with E-state index in [2.05, 4.69) is 5.43 Å². The van der Waals surface area contributed by atoms with Crippen molar-refractivity contribution in [2.24, 2.45) is 0 Å². The first kappa shape index (κ1) is 17.5. The third-order valence-electron chi connectivity index (χ3n) is 3.86. The molecule has 136 valence electrons. The van der Waals surface area contributed by atoms with E-state index in [0.717, 1.165) is 5.01 Å². The average Bonchev–Trinajstić information content (AvgIpc) is 2.57. The van der Waals surface area contributed by atoms with Crippen LogP contribution in [0.25, 0.3) is 0 Å². The molecule has 2 aliphatic heterocycles. The first-order chi connectivity index (χ1) is 11.8. The Morgan fingerprint density at radius 2 is 2.04 bits per heavy atom. The van der Waals surface area contributed by atoms with E-state index in [4.69, 9.17) is 18.9 Å². The predicted molar refractivity (Wildman–Crippen MR) is 84.1 cm³/mol. The molecule has 3 atom stereocenters. The van der Waals surface area contributed by atoms with Crippen LogP contribution in [0.4, 0.5) is 11.4 Å². The highest BCUT2D eigenvalue weighted by Crippen LogP contribution is 2.31. The molecule has 2 saturated heterocycles. The lowest BCUT2D eigenvalue weighted by atomic mass is 10.1. The largest absolute Gasteiger partial charge is 0.348 e. The van der Waals surface area contributed by atoms with Crippen LogP contribution in [-0.2, 0) is 23.7 Å². The topological polar surface area (TPSA) is 112 Å². The van der Waals surface area contributed by atoms with Crippen LogP contribution in [0, 0.1) is 10.1 Å². The lowest BCUT2D eigenvalue weighted by Crippen LogP contribution is -2.65. The van der Waals surface area contributed by atoms with Gasteiger partial charge in [0.05, 0.1) is 17.2 Å². The van der Waals surface area contributed by atoms with E-state index in [0.29, 0.717) is 5.69 Å². The van der Waals surface area contributed by atoms with Crippen LogP contribution in [0.5, 0.6) is 0 Å². The Morgan fingerprint density at radius 3 is 2.64 bits per heavy atom. The van der Waals surface area contributed by atoms with Gasteiger partial charge in [-0.15, -0.1) is 0 Å². The minimum atomic E-state index is -0.989. The molecule has 1 aromatic carbocycles. The monoisotopic (exact) mass is 353 g/mol. The van der Waals surface area contributed by atoms with E-state index in [1.165, 1.54) is 31.4 Å². The summed E-state index contributed by atoms with van der Waals surface area (Å²) in [5, 5.41) is 11.9. The summed E-state index contributed by atoms with van der Waals surface area (Å²) in [4.78, 5) is 23.0. The number of amides is 1. The van der Waals surface area contributed by atoms with Crippen molar-refractivity contribution in [2.75, 3.05) is 19.1 Å². The zero-order valence-corrected chi connectivity index (χ0v) is 14.0. The lowest BCUT2D eigenvalue weighted by molar-refractivity contribution is -0.384. The van der Waals surface area contributed by atoms with Gasteiger partial charge >= 0.3 is 0 Å². The Morgan fingerprint density at radius 1 is 1.36 bits per heavy atom. The molecule has 0 bridgehead atoms. The van der Waals surface area contributed by atoms with Crippen LogP contribution < -0.4 is 5.43 Å². The number of hydrazine groups is 1. The van der Waals surface area contributed by atoms with Crippen LogP contribution >= 0.6 is 0 Å². The molecule has 2 heterocycles. The zero-order valence-electron chi connectivity index (χ0n) is 14.0. The molecular formula is C15H19N3O7. The number of carbonyl (C=O) groups is 1. The quantitative estimate of drug-likeness (QED) is 0.635. The van der Waals surface area contributed by atoms with Crippen LogP contribution in [-0.4, -0.2) is 54.0 Å². The molecule has 2 fully saturated rings. The minimum absolute atomic E-state index is 0.0513. The summed E-state index contributed by atoms with van der Waals surface area (Å²) in [6.45, 7) is 3.63. The molecule has 10 heteroatoms. The molecule has 1 aromatic rings. The number of anilines is 1. The van der Waals surface area contributed by atoms with E-state index < -0.39 is 29.3 Å². The maximum absolute atomic E-state index is 12.8. The van der Waals surface area contributed by atoms with Crippen molar-refractivity contribution in [1.82, 2.24) is 5.01 Å². The van der Waals surface area contributed by atoms with E-state index in [9.17, 15) is 14.9 Å². The highest BCUT2D eigenvalue weighted by molar-refractivity contribution is 5.83. The van der Waals surface area contributed by atoms with Gasteiger partial charge in [0.25, 0.3) is 18.0 Å². The number of hydrogen-bond donors (Lipinski definition) is 1. The Labute approximate surface area is 143 Å². The SMILES string of the molecule is COC1O[C@@H]2COC(C)(C)O[C@@H]2C(=O)N1Nc1ccc([N+](=O)[O-])cc1. The average molecular weight is 353 g/mol. The summed E-state index contributed by atoms with van der Waals surface area (Å²) < 4.78 is 22.1. The Bertz CT molecular complexity index is 664. The Balaban J connectivity index is 1.78. The maximum Gasteiger partial charge on any atom is 0.277 e. The van der Waals surface area contributed by atoms with Gasteiger partial charge in [-0.2, -0.15) is 5.01 Å². The number of rotatable bonds is 4. The molecule has 0 radical (unpaired) electrons. The van der Waals surface area contributed by atoms with Gasteiger partial charge in [0.2, 0.25) is 0 Å². The molecule has 1 unspecified atom stereocenters. The van der Waals surface area contributed by atoms with Crippen LogP contribution in [0.1, 0.15) is 13.8 Å². The summed E-state index contributed by atoms with van der Waals surface area (Å²) in [5.74, 6) is -1.28. The van der Waals surface area contributed by atoms with E-state index in [1.807, 2.05) is 0 Å². The molecule has 25 heavy (non-hydrogen) atoms. The third-order valence-corrected chi connectivity index (χ3v) is 3.86. The highest BCUT2D eigenvalue weighted by Gasteiger charge is 2.50. The second-order valence-corrected chi connectivity index (χ2v) is 6.09. The summed E-state index contributed by atoms with van der Waals surface area (Å²) in [5.41, 5.74) is 3.26. The summed E-state index contributed by atoms with van der Waals surface area (Å²) in [6, 6.07) is 5.63. The molecule has 2 aliphatic rings. The van der Waals surface area contributed by atoms with E-state index in [1.54, 1.807) is 13.8 Å². The second-order valence-electron chi connectivity index (χ2n) is 6.09. The van der Waals surface area contributed by atoms with Gasteiger partial charge in [-0.3, -0.25) is 20.3 Å². The second kappa shape index (κ2) is 6.56. The normalized spacial score (nSPS) is 28.4. The Hall–Kier alpha value is -2.27. The standard InChI is InChI=1S/C15H19N3O7/c1-15(2)23-8-11-12(25-15)13(19)17(14(22-3)24-11)16-9-4-6-10(7-5-9)18(20)21/h4-7,11-12,14,16H,8H2,1-3H3/t11-,12+,14?/m1/s1. The number of nitro groups is 1. The van der Waals surface area contributed by atoms with Crippen molar-refractivity contribution in [2.45, 2.75) is 38.3 Å². The smallest absolute Gasteiger partial charge is 0.277 e. The fourth-order valence-corrected chi connectivity index (χ4v) is 2.62. The van der Waals surface area contributed by atoms with Crippen molar-refractivity contribution in [3.8, 4) is 0 Å².